The van der Waals surface area contributed by atoms with Crippen LogP contribution >= 0.6 is 0 Å². The van der Waals surface area contributed by atoms with Crippen molar-refractivity contribution >= 4 is 15.9 Å². The molecule has 0 aliphatic carbocycles. The maximum absolute atomic E-state index is 12.9. The second-order valence-corrected chi connectivity index (χ2v) is 8.64. The first kappa shape index (κ1) is 19.9. The summed E-state index contributed by atoms with van der Waals surface area (Å²) in [4.78, 5) is 14.9. The van der Waals surface area contributed by atoms with E-state index in [1.54, 1.807) is 29.2 Å². The van der Waals surface area contributed by atoms with Gasteiger partial charge in [-0.15, -0.1) is 0 Å². The summed E-state index contributed by atoms with van der Waals surface area (Å²) in [5.41, 5.74) is 6.36. The first-order valence-electron chi connectivity index (χ1n) is 8.87. The second kappa shape index (κ2) is 7.85. The van der Waals surface area contributed by atoms with E-state index in [9.17, 15) is 13.2 Å². The highest BCUT2D eigenvalue weighted by atomic mass is 32.2. The molecule has 1 heterocycles. The topological polar surface area (TPSA) is 83.7 Å². The van der Waals surface area contributed by atoms with Crippen molar-refractivity contribution in [1.29, 1.82) is 0 Å². The van der Waals surface area contributed by atoms with E-state index in [2.05, 4.69) is 0 Å². The molecule has 0 unspecified atom stereocenters. The summed E-state index contributed by atoms with van der Waals surface area (Å²) < 4.78 is 26.9. The summed E-state index contributed by atoms with van der Waals surface area (Å²) in [6, 6.07) is 6.86. The fourth-order valence-electron chi connectivity index (χ4n) is 3.25. The molecule has 0 saturated carbocycles. The van der Waals surface area contributed by atoms with E-state index >= 15 is 0 Å². The number of hydrogen-bond donors (Lipinski definition) is 1. The molecule has 1 aliphatic rings. The Morgan fingerprint density at radius 2 is 1.60 bits per heavy atom. The van der Waals surface area contributed by atoms with Crippen molar-refractivity contribution in [3.05, 3.63) is 29.8 Å². The van der Waals surface area contributed by atoms with E-state index in [1.165, 1.54) is 4.31 Å². The molecule has 0 bridgehead atoms. The zero-order chi connectivity index (χ0) is 18.7. The minimum Gasteiger partial charge on any atom is -0.340 e. The molecule has 25 heavy (non-hydrogen) atoms. The molecular formula is C18H29N3O3S. The molecule has 1 aromatic rings. The third kappa shape index (κ3) is 3.88. The summed E-state index contributed by atoms with van der Waals surface area (Å²) in [6.07, 6.45) is 1.39. The summed E-state index contributed by atoms with van der Waals surface area (Å²) in [7, 11) is -3.51. The number of carbonyl (C=O) groups is 1. The van der Waals surface area contributed by atoms with Gasteiger partial charge in [0.15, 0.2) is 0 Å². The second-order valence-electron chi connectivity index (χ2n) is 6.70. The molecule has 6 nitrogen and oxygen atoms in total. The highest BCUT2D eigenvalue weighted by Crippen LogP contribution is 2.29. The number of benzene rings is 1. The van der Waals surface area contributed by atoms with E-state index in [-0.39, 0.29) is 5.91 Å². The van der Waals surface area contributed by atoms with Gasteiger partial charge in [-0.25, -0.2) is 8.42 Å². The van der Waals surface area contributed by atoms with Gasteiger partial charge in [-0.2, -0.15) is 4.31 Å². The molecule has 1 aromatic carbocycles. The Labute approximate surface area is 151 Å². The maximum Gasteiger partial charge on any atom is 0.243 e. The largest absolute Gasteiger partial charge is 0.340 e. The van der Waals surface area contributed by atoms with E-state index in [0.717, 1.165) is 5.56 Å². The van der Waals surface area contributed by atoms with Crippen LogP contribution in [0.15, 0.2) is 29.2 Å². The standard InChI is InChI=1S/C18H29N3O3S/c1-4-18(5-2,14-19)17(22)20-10-12-21(13-11-20)25(23,24)16-8-6-15(3)7-9-16/h6-9H,4-5,10-14,19H2,1-3H3. The maximum atomic E-state index is 12.9. The van der Waals surface area contributed by atoms with Gasteiger partial charge < -0.3 is 10.6 Å². The van der Waals surface area contributed by atoms with Crippen LogP contribution in [0.2, 0.25) is 0 Å². The molecule has 0 spiro atoms. The van der Waals surface area contributed by atoms with Crippen molar-refractivity contribution in [1.82, 2.24) is 9.21 Å². The third-order valence-corrected chi connectivity index (χ3v) is 7.30. The minimum absolute atomic E-state index is 0.0485. The van der Waals surface area contributed by atoms with Gasteiger partial charge in [-0.05, 0) is 31.9 Å². The highest BCUT2D eigenvalue weighted by Gasteiger charge is 2.39. The number of hydrogen-bond acceptors (Lipinski definition) is 4. The zero-order valence-corrected chi connectivity index (χ0v) is 16.2. The predicted molar refractivity (Wildman–Crippen MR) is 98.6 cm³/mol. The zero-order valence-electron chi connectivity index (χ0n) is 15.4. The molecule has 2 rings (SSSR count). The Hall–Kier alpha value is -1.44. The van der Waals surface area contributed by atoms with Gasteiger partial charge in [0, 0.05) is 32.7 Å². The monoisotopic (exact) mass is 367 g/mol. The number of sulfonamides is 1. The van der Waals surface area contributed by atoms with Crippen LogP contribution in [0.5, 0.6) is 0 Å². The minimum atomic E-state index is -3.51. The van der Waals surface area contributed by atoms with Gasteiger partial charge in [-0.1, -0.05) is 31.5 Å². The van der Waals surface area contributed by atoms with Crippen molar-refractivity contribution in [2.24, 2.45) is 11.1 Å². The third-order valence-electron chi connectivity index (χ3n) is 5.38. The molecule has 1 aliphatic heterocycles. The molecule has 1 fully saturated rings. The Morgan fingerprint density at radius 3 is 2.04 bits per heavy atom. The highest BCUT2D eigenvalue weighted by molar-refractivity contribution is 7.89. The average Bonchev–Trinajstić information content (AvgIpc) is 2.64. The number of nitrogens with two attached hydrogens (primary N) is 1. The van der Waals surface area contributed by atoms with Crippen molar-refractivity contribution in [3.63, 3.8) is 0 Å². The SMILES string of the molecule is CCC(CC)(CN)C(=O)N1CCN(S(=O)(=O)c2ccc(C)cc2)CC1. The van der Waals surface area contributed by atoms with Gasteiger partial charge in [0.05, 0.1) is 10.3 Å². The number of aryl methyl sites for hydroxylation is 1. The van der Waals surface area contributed by atoms with Gasteiger partial charge in [0.1, 0.15) is 0 Å². The summed E-state index contributed by atoms with van der Waals surface area (Å²) in [6.45, 7) is 7.65. The summed E-state index contributed by atoms with van der Waals surface area (Å²) in [5.74, 6) is 0.0485. The van der Waals surface area contributed by atoms with Crippen LogP contribution in [0.3, 0.4) is 0 Å². The number of nitrogens with zero attached hydrogens (tertiary/aromatic N) is 2. The van der Waals surface area contributed by atoms with Gasteiger partial charge in [0.25, 0.3) is 0 Å². The van der Waals surface area contributed by atoms with E-state index in [4.69, 9.17) is 5.73 Å². The van der Waals surface area contributed by atoms with Crippen LogP contribution in [0.4, 0.5) is 0 Å². The van der Waals surface area contributed by atoms with E-state index in [1.807, 2.05) is 20.8 Å². The van der Waals surface area contributed by atoms with Gasteiger partial charge >= 0.3 is 0 Å². The first-order valence-corrected chi connectivity index (χ1v) is 10.3. The molecule has 2 N–H and O–H groups in total. The van der Waals surface area contributed by atoms with E-state index in [0.29, 0.717) is 50.5 Å². The Kier molecular flexibility index (Phi) is 6.24. The predicted octanol–water partition coefficient (Wildman–Crippen LogP) is 1.59. The summed E-state index contributed by atoms with van der Waals surface area (Å²) in [5, 5.41) is 0. The normalized spacial score (nSPS) is 16.9. The number of piperazine rings is 1. The van der Waals surface area contributed by atoms with Crippen molar-refractivity contribution in [3.8, 4) is 0 Å². The molecule has 0 radical (unpaired) electrons. The van der Waals surface area contributed by atoms with Crippen LogP contribution in [0.1, 0.15) is 32.3 Å². The smallest absolute Gasteiger partial charge is 0.243 e. The first-order chi connectivity index (χ1) is 11.8. The van der Waals surface area contributed by atoms with Crippen LogP contribution in [0, 0.1) is 12.3 Å². The van der Waals surface area contributed by atoms with Crippen molar-refractivity contribution < 1.29 is 13.2 Å². The van der Waals surface area contributed by atoms with Crippen molar-refractivity contribution in [2.75, 3.05) is 32.7 Å². The Morgan fingerprint density at radius 1 is 1.08 bits per heavy atom. The molecule has 1 saturated heterocycles. The molecule has 7 heteroatoms. The van der Waals surface area contributed by atoms with Crippen LogP contribution < -0.4 is 5.73 Å². The molecule has 1 amide bonds. The van der Waals surface area contributed by atoms with Gasteiger partial charge in [0.2, 0.25) is 15.9 Å². The number of rotatable bonds is 6. The number of carbonyl (C=O) groups excluding carboxylic acids is 1. The van der Waals surface area contributed by atoms with Crippen LogP contribution in [0.25, 0.3) is 0 Å². The lowest BCUT2D eigenvalue weighted by Crippen LogP contribution is -2.55. The molecule has 140 valence electrons. The lowest BCUT2D eigenvalue weighted by atomic mass is 9.81. The number of amides is 1. The molecular weight excluding hydrogens is 338 g/mol. The van der Waals surface area contributed by atoms with Crippen LogP contribution in [-0.2, 0) is 14.8 Å². The molecule has 0 aromatic heterocycles. The van der Waals surface area contributed by atoms with Crippen LogP contribution in [-0.4, -0.2) is 56.3 Å². The Bertz CT molecular complexity index is 681. The fourth-order valence-corrected chi connectivity index (χ4v) is 4.68. The fraction of sp³-hybridized carbons (Fsp3) is 0.611. The average molecular weight is 368 g/mol. The quantitative estimate of drug-likeness (QED) is 0.828. The summed E-state index contributed by atoms with van der Waals surface area (Å²) >= 11 is 0. The van der Waals surface area contributed by atoms with E-state index < -0.39 is 15.4 Å². The molecule has 0 atom stereocenters. The van der Waals surface area contributed by atoms with Gasteiger partial charge in [-0.3, -0.25) is 4.79 Å². The van der Waals surface area contributed by atoms with Crippen molar-refractivity contribution in [2.45, 2.75) is 38.5 Å². The lowest BCUT2D eigenvalue weighted by molar-refractivity contribution is -0.143. The lowest BCUT2D eigenvalue weighted by Gasteiger charge is -2.39. The Balaban J connectivity index is 2.08.